The molecular formula is C22H23ClN4O3. The second-order valence-electron chi connectivity index (χ2n) is 6.99. The highest BCUT2D eigenvalue weighted by Gasteiger charge is 2.24. The van der Waals surface area contributed by atoms with Gasteiger partial charge in [0, 0.05) is 48.5 Å². The highest BCUT2D eigenvalue weighted by atomic mass is 35.5. The molecule has 1 N–H and O–H groups in total. The zero-order valence-electron chi connectivity index (χ0n) is 16.9. The summed E-state index contributed by atoms with van der Waals surface area (Å²) in [5.41, 5.74) is 3.02. The molecule has 30 heavy (non-hydrogen) atoms. The van der Waals surface area contributed by atoms with E-state index in [-0.39, 0.29) is 5.91 Å². The van der Waals surface area contributed by atoms with Crippen molar-refractivity contribution in [1.29, 1.82) is 0 Å². The zero-order chi connectivity index (χ0) is 21.1. The summed E-state index contributed by atoms with van der Waals surface area (Å²) in [7, 11) is 3.20. The van der Waals surface area contributed by atoms with Crippen molar-refractivity contribution in [3.05, 3.63) is 59.2 Å². The molecule has 3 aromatic rings. The molecule has 4 rings (SSSR count). The van der Waals surface area contributed by atoms with Crippen molar-refractivity contribution < 1.29 is 14.3 Å². The van der Waals surface area contributed by atoms with Crippen LogP contribution < -0.4 is 14.4 Å². The minimum atomic E-state index is -0.0583. The lowest BCUT2D eigenvalue weighted by Crippen LogP contribution is -2.48. The summed E-state index contributed by atoms with van der Waals surface area (Å²) in [6.45, 7) is 2.81. The number of ether oxygens (including phenoxy) is 2. The Bertz CT molecular complexity index is 1030. The van der Waals surface area contributed by atoms with Crippen LogP contribution in [0.15, 0.2) is 48.5 Å². The number of aromatic nitrogens is 2. The van der Waals surface area contributed by atoms with Crippen LogP contribution in [0, 0.1) is 0 Å². The van der Waals surface area contributed by atoms with Gasteiger partial charge in [0.2, 0.25) is 0 Å². The Labute approximate surface area is 180 Å². The van der Waals surface area contributed by atoms with E-state index >= 15 is 0 Å². The van der Waals surface area contributed by atoms with Crippen LogP contribution in [-0.2, 0) is 0 Å². The number of piperazine rings is 1. The van der Waals surface area contributed by atoms with E-state index in [4.69, 9.17) is 21.1 Å². The molecule has 7 nitrogen and oxygen atoms in total. The third kappa shape index (κ3) is 4.07. The van der Waals surface area contributed by atoms with Gasteiger partial charge in [0.05, 0.1) is 19.9 Å². The number of carbonyl (C=O) groups is 1. The van der Waals surface area contributed by atoms with Gasteiger partial charge in [0.1, 0.15) is 17.2 Å². The van der Waals surface area contributed by atoms with E-state index < -0.39 is 0 Å². The van der Waals surface area contributed by atoms with Gasteiger partial charge in [-0.15, -0.1) is 0 Å². The molecule has 1 aliphatic rings. The van der Waals surface area contributed by atoms with Crippen LogP contribution in [0.5, 0.6) is 11.5 Å². The normalized spacial score (nSPS) is 14.0. The van der Waals surface area contributed by atoms with Gasteiger partial charge in [-0.1, -0.05) is 11.6 Å². The van der Waals surface area contributed by atoms with E-state index in [1.54, 1.807) is 26.4 Å². The summed E-state index contributed by atoms with van der Waals surface area (Å²) in [5.74, 6) is 1.27. The summed E-state index contributed by atoms with van der Waals surface area (Å²) < 4.78 is 10.7. The smallest absolute Gasteiger partial charge is 0.272 e. The number of anilines is 1. The number of halogens is 1. The van der Waals surface area contributed by atoms with Gasteiger partial charge >= 0.3 is 0 Å². The van der Waals surface area contributed by atoms with Crippen LogP contribution >= 0.6 is 11.6 Å². The number of carbonyl (C=O) groups excluding carboxylic acids is 1. The number of hydrogen-bond donors (Lipinski definition) is 1. The van der Waals surface area contributed by atoms with Crippen molar-refractivity contribution in [2.45, 2.75) is 0 Å². The molecule has 1 amide bonds. The SMILES string of the molecule is COc1ccc(-c2cc(C(=O)N3CCN(c4ccc(Cl)cc4)CC3)[nH]n2)c(OC)c1. The first-order valence-corrected chi connectivity index (χ1v) is 10.0. The van der Waals surface area contributed by atoms with Crippen molar-refractivity contribution in [3.8, 4) is 22.8 Å². The number of nitrogens with one attached hydrogen (secondary N) is 1. The Balaban J connectivity index is 1.44. The summed E-state index contributed by atoms with van der Waals surface area (Å²) in [5, 5.41) is 7.91. The average molecular weight is 427 g/mol. The Kier molecular flexibility index (Phi) is 5.81. The molecule has 0 atom stereocenters. The molecule has 0 bridgehead atoms. The fourth-order valence-corrected chi connectivity index (χ4v) is 3.70. The quantitative estimate of drug-likeness (QED) is 0.673. The van der Waals surface area contributed by atoms with Gasteiger partial charge in [-0.05, 0) is 42.5 Å². The van der Waals surface area contributed by atoms with Gasteiger partial charge in [0.15, 0.2) is 0 Å². The molecule has 2 aromatic carbocycles. The van der Waals surface area contributed by atoms with Gasteiger partial charge < -0.3 is 19.3 Å². The standard InChI is InChI=1S/C22H23ClN4O3/c1-29-17-7-8-18(21(13-17)30-2)19-14-20(25-24-19)22(28)27-11-9-26(10-12-27)16-5-3-15(23)4-6-16/h3-8,13-14H,9-12H2,1-2H3,(H,24,25). The highest BCUT2D eigenvalue weighted by molar-refractivity contribution is 6.30. The molecular weight excluding hydrogens is 404 g/mol. The second kappa shape index (κ2) is 8.67. The van der Waals surface area contributed by atoms with Gasteiger partial charge in [0.25, 0.3) is 5.91 Å². The molecule has 0 aliphatic carbocycles. The van der Waals surface area contributed by atoms with Crippen LogP contribution in [0.4, 0.5) is 5.69 Å². The van der Waals surface area contributed by atoms with Crippen LogP contribution in [-0.4, -0.2) is 61.4 Å². The Morgan fingerprint density at radius 3 is 2.40 bits per heavy atom. The predicted octanol–water partition coefficient (Wildman–Crippen LogP) is 3.71. The number of nitrogens with zero attached hydrogens (tertiary/aromatic N) is 3. The monoisotopic (exact) mass is 426 g/mol. The molecule has 0 radical (unpaired) electrons. The molecule has 8 heteroatoms. The van der Waals surface area contributed by atoms with E-state index in [0.717, 1.165) is 29.4 Å². The third-order valence-corrected chi connectivity index (χ3v) is 5.50. The summed E-state index contributed by atoms with van der Waals surface area (Å²) >= 11 is 5.97. The maximum atomic E-state index is 13.0. The lowest BCUT2D eigenvalue weighted by molar-refractivity contribution is 0.0741. The highest BCUT2D eigenvalue weighted by Crippen LogP contribution is 2.32. The molecule has 1 aliphatic heterocycles. The minimum Gasteiger partial charge on any atom is -0.497 e. The van der Waals surface area contributed by atoms with E-state index in [1.807, 2.05) is 41.3 Å². The fraction of sp³-hybridized carbons (Fsp3) is 0.273. The number of H-pyrrole nitrogens is 1. The molecule has 0 spiro atoms. The van der Waals surface area contributed by atoms with Crippen molar-refractivity contribution in [2.75, 3.05) is 45.3 Å². The van der Waals surface area contributed by atoms with E-state index in [1.165, 1.54) is 0 Å². The van der Waals surface area contributed by atoms with Crippen LogP contribution in [0.1, 0.15) is 10.5 Å². The summed E-state index contributed by atoms with van der Waals surface area (Å²) in [6, 6.07) is 15.0. The first kappa shape index (κ1) is 20.1. The average Bonchev–Trinajstić information content (AvgIpc) is 3.29. The molecule has 0 unspecified atom stereocenters. The molecule has 1 saturated heterocycles. The van der Waals surface area contributed by atoms with Crippen LogP contribution in [0.3, 0.4) is 0 Å². The van der Waals surface area contributed by atoms with Crippen molar-refractivity contribution in [1.82, 2.24) is 15.1 Å². The fourth-order valence-electron chi connectivity index (χ4n) is 3.57. The van der Waals surface area contributed by atoms with E-state index in [0.29, 0.717) is 36.0 Å². The Morgan fingerprint density at radius 1 is 1.00 bits per heavy atom. The summed E-state index contributed by atoms with van der Waals surface area (Å²) in [4.78, 5) is 17.0. The largest absolute Gasteiger partial charge is 0.497 e. The number of aromatic amines is 1. The third-order valence-electron chi connectivity index (χ3n) is 5.25. The number of benzene rings is 2. The van der Waals surface area contributed by atoms with Crippen molar-refractivity contribution >= 4 is 23.2 Å². The zero-order valence-corrected chi connectivity index (χ0v) is 17.6. The molecule has 1 aromatic heterocycles. The van der Waals surface area contributed by atoms with Crippen LogP contribution in [0.2, 0.25) is 5.02 Å². The van der Waals surface area contributed by atoms with E-state index in [2.05, 4.69) is 15.1 Å². The van der Waals surface area contributed by atoms with Gasteiger partial charge in [-0.3, -0.25) is 9.89 Å². The van der Waals surface area contributed by atoms with Crippen molar-refractivity contribution in [3.63, 3.8) is 0 Å². The molecule has 156 valence electrons. The minimum absolute atomic E-state index is 0.0583. The molecule has 2 heterocycles. The predicted molar refractivity (Wildman–Crippen MR) is 117 cm³/mol. The van der Waals surface area contributed by atoms with Gasteiger partial charge in [-0.25, -0.2) is 0 Å². The maximum Gasteiger partial charge on any atom is 0.272 e. The summed E-state index contributed by atoms with van der Waals surface area (Å²) in [6.07, 6.45) is 0. The number of methoxy groups -OCH3 is 2. The van der Waals surface area contributed by atoms with Gasteiger partial charge in [-0.2, -0.15) is 5.10 Å². The molecule has 0 saturated carbocycles. The maximum absolute atomic E-state index is 13.0. The topological polar surface area (TPSA) is 70.7 Å². The Morgan fingerprint density at radius 2 is 1.73 bits per heavy atom. The number of amides is 1. The second-order valence-corrected chi connectivity index (χ2v) is 7.43. The van der Waals surface area contributed by atoms with Crippen LogP contribution in [0.25, 0.3) is 11.3 Å². The number of hydrogen-bond acceptors (Lipinski definition) is 5. The van der Waals surface area contributed by atoms with Crippen molar-refractivity contribution in [2.24, 2.45) is 0 Å². The first-order chi connectivity index (χ1) is 14.6. The lowest BCUT2D eigenvalue weighted by atomic mass is 10.1. The Hall–Kier alpha value is -3.19. The molecule has 1 fully saturated rings. The lowest BCUT2D eigenvalue weighted by Gasteiger charge is -2.35. The first-order valence-electron chi connectivity index (χ1n) is 9.66. The number of rotatable bonds is 5. The van der Waals surface area contributed by atoms with E-state index in [9.17, 15) is 4.79 Å².